The van der Waals surface area contributed by atoms with Gasteiger partial charge in [0.2, 0.25) is 17.8 Å². The van der Waals surface area contributed by atoms with E-state index in [0.717, 1.165) is 49.5 Å². The molecule has 0 aliphatic carbocycles. The molecule has 34 heavy (non-hydrogen) atoms. The number of carbonyl (C=O) groups is 2. The van der Waals surface area contributed by atoms with Crippen molar-refractivity contribution < 1.29 is 9.59 Å². The molecule has 2 amide bonds. The number of fused-ring (bicyclic) bond motifs is 1. The van der Waals surface area contributed by atoms with Crippen LogP contribution in [0, 0.1) is 18.8 Å². The van der Waals surface area contributed by atoms with Crippen molar-refractivity contribution in [2.24, 2.45) is 17.6 Å². The van der Waals surface area contributed by atoms with Crippen LogP contribution in [0.1, 0.15) is 36.8 Å². The number of benzene rings is 2. The van der Waals surface area contributed by atoms with Gasteiger partial charge < -0.3 is 20.1 Å². The number of piperidine rings is 2. The van der Waals surface area contributed by atoms with Gasteiger partial charge in [-0.15, -0.1) is 0 Å². The molecular weight excluding hydrogens is 426 g/mol. The van der Waals surface area contributed by atoms with Crippen LogP contribution >= 0.6 is 0 Å². The van der Waals surface area contributed by atoms with Gasteiger partial charge in [0, 0.05) is 38.0 Å². The van der Waals surface area contributed by atoms with Gasteiger partial charge in [0.15, 0.2) is 0 Å². The summed E-state index contributed by atoms with van der Waals surface area (Å²) in [5.41, 5.74) is 10.1. The van der Waals surface area contributed by atoms with Gasteiger partial charge in [-0.1, -0.05) is 42.0 Å². The maximum absolute atomic E-state index is 13.1. The first-order valence-corrected chi connectivity index (χ1v) is 12.3. The highest BCUT2D eigenvalue weighted by Gasteiger charge is 2.33. The lowest BCUT2D eigenvalue weighted by molar-refractivity contribution is -0.139. The van der Waals surface area contributed by atoms with E-state index < -0.39 is 0 Å². The van der Waals surface area contributed by atoms with Gasteiger partial charge in [0.25, 0.3) is 0 Å². The fraction of sp³-hybridized carbons (Fsp3) is 0.444. The number of imidazole rings is 1. The highest BCUT2D eigenvalue weighted by atomic mass is 16.2. The molecule has 2 aromatic carbocycles. The second-order valence-corrected chi connectivity index (χ2v) is 9.74. The van der Waals surface area contributed by atoms with Crippen LogP contribution < -0.4 is 10.6 Å². The number of aryl methyl sites for hydroxylation is 1. The summed E-state index contributed by atoms with van der Waals surface area (Å²) in [6, 6.07) is 16.9. The summed E-state index contributed by atoms with van der Waals surface area (Å²) in [7, 11) is 0. The van der Waals surface area contributed by atoms with Crippen molar-refractivity contribution in [1.29, 1.82) is 0 Å². The van der Waals surface area contributed by atoms with Crippen LogP contribution in [0.25, 0.3) is 11.0 Å². The molecule has 5 rings (SSSR count). The molecule has 0 bridgehead atoms. The van der Waals surface area contributed by atoms with Crippen LogP contribution in [-0.2, 0) is 16.1 Å². The van der Waals surface area contributed by atoms with Crippen LogP contribution in [0.15, 0.2) is 48.5 Å². The smallest absolute Gasteiger partial charge is 0.225 e. The zero-order valence-electron chi connectivity index (χ0n) is 19.8. The number of hydrogen-bond donors (Lipinski definition) is 1. The summed E-state index contributed by atoms with van der Waals surface area (Å²) in [6.45, 7) is 5.77. The third-order valence-corrected chi connectivity index (χ3v) is 7.43. The van der Waals surface area contributed by atoms with Gasteiger partial charge in [0.05, 0.1) is 17.6 Å². The standard InChI is InChI=1S/C27H33N5O2/c1-19-6-8-20(9-7-19)18-32-24-5-3-2-4-23(24)29-27(32)31-16-12-22(13-17-31)26(34)30-14-10-21(11-15-30)25(28)33/h2-9,21-22H,10-18H2,1H3,(H2,28,33). The Morgan fingerprint density at radius 1 is 0.912 bits per heavy atom. The van der Waals surface area contributed by atoms with E-state index >= 15 is 0 Å². The lowest BCUT2D eigenvalue weighted by Crippen LogP contribution is -2.47. The monoisotopic (exact) mass is 459 g/mol. The molecule has 0 unspecified atom stereocenters. The van der Waals surface area contributed by atoms with Gasteiger partial charge in [-0.05, 0) is 50.3 Å². The van der Waals surface area contributed by atoms with Crippen LogP contribution in [0.4, 0.5) is 5.95 Å². The van der Waals surface area contributed by atoms with E-state index in [9.17, 15) is 9.59 Å². The molecular formula is C27H33N5O2. The third kappa shape index (κ3) is 4.52. The minimum Gasteiger partial charge on any atom is -0.369 e. The fourth-order valence-corrected chi connectivity index (χ4v) is 5.31. The third-order valence-electron chi connectivity index (χ3n) is 7.43. The van der Waals surface area contributed by atoms with Gasteiger partial charge in [-0.3, -0.25) is 9.59 Å². The van der Waals surface area contributed by atoms with Crippen LogP contribution in [0.5, 0.6) is 0 Å². The molecule has 0 radical (unpaired) electrons. The highest BCUT2D eigenvalue weighted by molar-refractivity contribution is 5.81. The number of rotatable bonds is 5. The largest absolute Gasteiger partial charge is 0.369 e. The van der Waals surface area contributed by atoms with Crippen molar-refractivity contribution in [3.63, 3.8) is 0 Å². The molecule has 2 aliphatic rings. The summed E-state index contributed by atoms with van der Waals surface area (Å²) in [5, 5.41) is 0. The first-order valence-electron chi connectivity index (χ1n) is 12.3. The summed E-state index contributed by atoms with van der Waals surface area (Å²) in [5.74, 6) is 0.920. The molecule has 7 nitrogen and oxygen atoms in total. The SMILES string of the molecule is Cc1ccc(Cn2c(N3CCC(C(=O)N4CCC(C(N)=O)CC4)CC3)nc3ccccc32)cc1. The van der Waals surface area contributed by atoms with E-state index in [1.54, 1.807) is 0 Å². The number of carbonyl (C=O) groups excluding carboxylic acids is 2. The number of anilines is 1. The lowest BCUT2D eigenvalue weighted by atomic mass is 9.92. The maximum atomic E-state index is 13.1. The van der Waals surface area contributed by atoms with E-state index in [4.69, 9.17) is 10.7 Å². The van der Waals surface area contributed by atoms with Gasteiger partial charge in [-0.2, -0.15) is 0 Å². The molecule has 2 N–H and O–H groups in total. The Kier molecular flexibility index (Phi) is 6.26. The van der Waals surface area contributed by atoms with Gasteiger partial charge in [0.1, 0.15) is 0 Å². The summed E-state index contributed by atoms with van der Waals surface area (Å²) in [4.78, 5) is 33.8. The number of amides is 2. The Hall–Kier alpha value is -3.35. The molecule has 2 saturated heterocycles. The van der Waals surface area contributed by atoms with Crippen molar-refractivity contribution >= 4 is 28.8 Å². The Bertz CT molecular complexity index is 1170. The topological polar surface area (TPSA) is 84.5 Å². The maximum Gasteiger partial charge on any atom is 0.225 e. The molecule has 0 atom stereocenters. The molecule has 7 heteroatoms. The van der Waals surface area contributed by atoms with E-state index in [1.807, 2.05) is 11.0 Å². The van der Waals surface area contributed by atoms with Crippen molar-refractivity contribution in [1.82, 2.24) is 14.5 Å². The number of hydrogen-bond acceptors (Lipinski definition) is 4. The first-order chi connectivity index (χ1) is 16.5. The minimum atomic E-state index is -0.242. The van der Waals surface area contributed by atoms with Crippen molar-refractivity contribution in [2.45, 2.75) is 39.2 Å². The lowest BCUT2D eigenvalue weighted by Gasteiger charge is -2.37. The Labute approximate surface area is 200 Å². The second-order valence-electron chi connectivity index (χ2n) is 9.74. The number of aromatic nitrogens is 2. The van der Waals surface area contributed by atoms with Gasteiger partial charge >= 0.3 is 0 Å². The van der Waals surface area contributed by atoms with E-state index in [1.165, 1.54) is 11.1 Å². The zero-order valence-corrected chi connectivity index (χ0v) is 19.8. The minimum absolute atomic E-state index is 0.0382. The first kappa shape index (κ1) is 22.4. The van der Waals surface area contributed by atoms with Crippen molar-refractivity contribution in [2.75, 3.05) is 31.1 Å². The zero-order chi connectivity index (χ0) is 23.7. The van der Waals surface area contributed by atoms with E-state index in [2.05, 4.69) is 58.9 Å². The van der Waals surface area contributed by atoms with Crippen LogP contribution in [0.2, 0.25) is 0 Å². The summed E-state index contributed by atoms with van der Waals surface area (Å²) in [6.07, 6.45) is 3.01. The normalized spacial score (nSPS) is 17.9. The van der Waals surface area contributed by atoms with Gasteiger partial charge in [-0.25, -0.2) is 4.98 Å². The Balaban J connectivity index is 1.29. The van der Waals surface area contributed by atoms with E-state index in [-0.39, 0.29) is 23.7 Å². The Morgan fingerprint density at radius 2 is 1.56 bits per heavy atom. The highest BCUT2D eigenvalue weighted by Crippen LogP contribution is 2.29. The second kappa shape index (κ2) is 9.49. The fourth-order valence-electron chi connectivity index (χ4n) is 5.31. The number of nitrogens with two attached hydrogens (primary N) is 1. The van der Waals surface area contributed by atoms with Crippen molar-refractivity contribution in [3.8, 4) is 0 Å². The van der Waals surface area contributed by atoms with Crippen molar-refractivity contribution in [3.05, 3.63) is 59.7 Å². The van der Waals surface area contributed by atoms with Crippen LogP contribution in [0.3, 0.4) is 0 Å². The average Bonchev–Trinajstić information content (AvgIpc) is 3.23. The molecule has 0 saturated carbocycles. The number of nitrogens with zero attached hydrogens (tertiary/aromatic N) is 4. The van der Waals surface area contributed by atoms with Crippen LogP contribution in [-0.4, -0.2) is 52.4 Å². The average molecular weight is 460 g/mol. The summed E-state index contributed by atoms with van der Waals surface area (Å²) >= 11 is 0. The molecule has 178 valence electrons. The molecule has 2 fully saturated rings. The number of likely N-dealkylation sites (tertiary alicyclic amines) is 1. The predicted molar refractivity (Wildman–Crippen MR) is 133 cm³/mol. The quantitative estimate of drug-likeness (QED) is 0.634. The number of primary amides is 1. The summed E-state index contributed by atoms with van der Waals surface area (Å²) < 4.78 is 2.30. The number of para-hydroxylation sites is 2. The molecule has 2 aliphatic heterocycles. The molecule has 3 heterocycles. The molecule has 0 spiro atoms. The van der Waals surface area contributed by atoms with E-state index in [0.29, 0.717) is 25.9 Å². The molecule has 3 aromatic rings. The Morgan fingerprint density at radius 3 is 2.24 bits per heavy atom. The molecule has 1 aromatic heterocycles. The predicted octanol–water partition coefficient (Wildman–Crippen LogP) is 3.33.